The average Bonchev–Trinajstić information content (AvgIpc) is 3.25. The molecule has 5 heteroatoms. The minimum absolute atomic E-state index is 0.0702. The van der Waals surface area contributed by atoms with E-state index in [2.05, 4.69) is 42.8 Å². The molecule has 0 aromatic heterocycles. The van der Waals surface area contributed by atoms with Crippen LogP contribution in [0.1, 0.15) is 38.8 Å². The number of nitrogens with zero attached hydrogens (tertiary/aromatic N) is 2. The summed E-state index contributed by atoms with van der Waals surface area (Å²) >= 11 is 0. The van der Waals surface area contributed by atoms with E-state index >= 15 is 0 Å². The number of aryl methyl sites for hydroxylation is 1. The summed E-state index contributed by atoms with van der Waals surface area (Å²) in [6.07, 6.45) is 0. The first-order valence-electron chi connectivity index (χ1n) is 8.82. The second-order valence-electron chi connectivity index (χ2n) is 7.23. The molecular formula is C19H30FN3O. The summed E-state index contributed by atoms with van der Waals surface area (Å²) in [4.78, 5) is 16.7. The molecule has 2 atom stereocenters. The Hall–Kier alpha value is -1.46. The van der Waals surface area contributed by atoms with Crippen molar-refractivity contribution in [2.24, 2.45) is 0 Å². The molecule has 0 aliphatic carbocycles. The number of rotatable bonds is 8. The third kappa shape index (κ3) is 5.02. The molecule has 0 spiro atoms. The summed E-state index contributed by atoms with van der Waals surface area (Å²) in [6.45, 7) is 13.6. The fraction of sp³-hybridized carbons (Fsp3) is 0.632. The van der Waals surface area contributed by atoms with Crippen LogP contribution in [-0.4, -0.2) is 53.5 Å². The van der Waals surface area contributed by atoms with E-state index in [0.717, 1.165) is 24.2 Å². The zero-order chi connectivity index (χ0) is 17.9. The van der Waals surface area contributed by atoms with E-state index in [9.17, 15) is 9.18 Å². The molecule has 0 radical (unpaired) electrons. The third-order valence-corrected chi connectivity index (χ3v) is 4.70. The Balaban J connectivity index is 1.76. The Morgan fingerprint density at radius 1 is 1.33 bits per heavy atom. The van der Waals surface area contributed by atoms with Gasteiger partial charge in [0.15, 0.2) is 0 Å². The van der Waals surface area contributed by atoms with Crippen LogP contribution in [0, 0.1) is 12.7 Å². The van der Waals surface area contributed by atoms with Crippen molar-refractivity contribution in [2.75, 3.05) is 19.6 Å². The molecule has 2 rings (SSSR count). The van der Waals surface area contributed by atoms with Crippen LogP contribution in [0.25, 0.3) is 0 Å². The lowest BCUT2D eigenvalue weighted by atomic mass is 10.1. The predicted molar refractivity (Wildman–Crippen MR) is 95.3 cm³/mol. The summed E-state index contributed by atoms with van der Waals surface area (Å²) in [7, 11) is 0. The number of carbonyl (C=O) groups is 1. The fourth-order valence-electron chi connectivity index (χ4n) is 3.17. The molecule has 0 bridgehead atoms. The number of hydrogen-bond acceptors (Lipinski definition) is 3. The Morgan fingerprint density at radius 2 is 2.00 bits per heavy atom. The second kappa shape index (κ2) is 8.08. The van der Waals surface area contributed by atoms with Crippen LogP contribution >= 0.6 is 0 Å². The lowest BCUT2D eigenvalue weighted by molar-refractivity contribution is -0.121. The van der Waals surface area contributed by atoms with Crippen molar-refractivity contribution in [2.45, 2.75) is 59.3 Å². The first-order chi connectivity index (χ1) is 11.3. The highest BCUT2D eigenvalue weighted by molar-refractivity contribution is 5.84. The Bertz CT molecular complexity index is 566. The maximum absolute atomic E-state index is 13.3. The smallest absolute Gasteiger partial charge is 0.238 e. The van der Waals surface area contributed by atoms with Gasteiger partial charge < -0.3 is 5.32 Å². The van der Waals surface area contributed by atoms with Crippen molar-refractivity contribution in [3.05, 3.63) is 35.1 Å². The number of halogens is 1. The first kappa shape index (κ1) is 18.9. The fourth-order valence-corrected chi connectivity index (χ4v) is 3.17. The molecule has 1 aromatic carbocycles. The van der Waals surface area contributed by atoms with E-state index < -0.39 is 0 Å². The topological polar surface area (TPSA) is 35.4 Å². The lowest BCUT2D eigenvalue weighted by Gasteiger charge is -2.30. The highest BCUT2D eigenvalue weighted by Gasteiger charge is 2.40. The van der Waals surface area contributed by atoms with E-state index in [0.29, 0.717) is 25.2 Å². The van der Waals surface area contributed by atoms with Gasteiger partial charge in [-0.05, 0) is 57.9 Å². The summed E-state index contributed by atoms with van der Waals surface area (Å²) in [5.74, 6) is -0.141. The van der Waals surface area contributed by atoms with E-state index in [-0.39, 0.29) is 17.8 Å². The number of nitrogens with one attached hydrogen (secondary N) is 1. The van der Waals surface area contributed by atoms with Gasteiger partial charge in [-0.1, -0.05) is 6.07 Å². The summed E-state index contributed by atoms with van der Waals surface area (Å²) < 4.78 is 13.3. The molecule has 1 fully saturated rings. The van der Waals surface area contributed by atoms with Gasteiger partial charge in [0.1, 0.15) is 11.9 Å². The van der Waals surface area contributed by atoms with Crippen molar-refractivity contribution >= 4 is 5.91 Å². The Morgan fingerprint density at radius 3 is 2.62 bits per heavy atom. The van der Waals surface area contributed by atoms with Crippen molar-refractivity contribution in [3.63, 3.8) is 0 Å². The van der Waals surface area contributed by atoms with Crippen LogP contribution in [0.4, 0.5) is 4.39 Å². The quantitative estimate of drug-likeness (QED) is 0.742. The van der Waals surface area contributed by atoms with Gasteiger partial charge in [-0.25, -0.2) is 4.39 Å². The maximum Gasteiger partial charge on any atom is 0.238 e. The molecule has 1 heterocycles. The van der Waals surface area contributed by atoms with Crippen LogP contribution < -0.4 is 5.32 Å². The standard InChI is InChI=1S/C19H30FN3O/c1-13(2)23(14(3)4)9-8-21-19(24)18-12-22(18)11-16-10-17(20)7-6-15(16)5/h6-7,10,13-14,18H,8-9,11-12H2,1-5H3,(H,21,24). The van der Waals surface area contributed by atoms with Gasteiger partial charge in [-0.15, -0.1) is 0 Å². The first-order valence-corrected chi connectivity index (χ1v) is 8.82. The number of hydrogen-bond donors (Lipinski definition) is 1. The molecule has 0 saturated carbocycles. The zero-order valence-electron chi connectivity index (χ0n) is 15.5. The van der Waals surface area contributed by atoms with Crippen LogP contribution in [0.2, 0.25) is 0 Å². The molecule has 2 unspecified atom stereocenters. The largest absolute Gasteiger partial charge is 0.353 e. The van der Waals surface area contributed by atoms with Crippen LogP contribution in [-0.2, 0) is 11.3 Å². The molecule has 24 heavy (non-hydrogen) atoms. The van der Waals surface area contributed by atoms with Gasteiger partial charge in [-0.3, -0.25) is 14.6 Å². The highest BCUT2D eigenvalue weighted by Crippen LogP contribution is 2.23. The van der Waals surface area contributed by atoms with Gasteiger partial charge in [0, 0.05) is 38.3 Å². The Labute approximate surface area is 145 Å². The van der Waals surface area contributed by atoms with Crippen LogP contribution in [0.5, 0.6) is 0 Å². The van der Waals surface area contributed by atoms with Crippen LogP contribution in [0.3, 0.4) is 0 Å². The molecule has 1 saturated heterocycles. The minimum Gasteiger partial charge on any atom is -0.353 e. The van der Waals surface area contributed by atoms with Gasteiger partial charge in [-0.2, -0.15) is 0 Å². The number of amides is 1. The number of carbonyl (C=O) groups excluding carboxylic acids is 1. The van der Waals surface area contributed by atoms with E-state index in [1.54, 1.807) is 12.1 Å². The van der Waals surface area contributed by atoms with Crippen molar-refractivity contribution in [1.82, 2.24) is 15.1 Å². The molecule has 134 valence electrons. The third-order valence-electron chi connectivity index (χ3n) is 4.70. The minimum atomic E-state index is -0.221. The normalized spacial score (nSPS) is 20.0. The molecule has 1 N–H and O–H groups in total. The molecule has 1 aliphatic heterocycles. The number of benzene rings is 1. The van der Waals surface area contributed by atoms with Crippen molar-refractivity contribution in [3.8, 4) is 0 Å². The molecule has 1 amide bonds. The van der Waals surface area contributed by atoms with Gasteiger partial charge in [0.25, 0.3) is 0 Å². The summed E-state index contributed by atoms with van der Waals surface area (Å²) in [5, 5.41) is 3.03. The average molecular weight is 335 g/mol. The predicted octanol–water partition coefficient (Wildman–Crippen LogP) is 2.55. The Kier molecular flexibility index (Phi) is 6.35. The monoisotopic (exact) mass is 335 g/mol. The van der Waals surface area contributed by atoms with Gasteiger partial charge in [0.05, 0.1) is 0 Å². The van der Waals surface area contributed by atoms with Crippen LogP contribution in [0.15, 0.2) is 18.2 Å². The van der Waals surface area contributed by atoms with Gasteiger partial charge >= 0.3 is 0 Å². The molecular weight excluding hydrogens is 305 g/mol. The molecule has 4 nitrogen and oxygen atoms in total. The van der Waals surface area contributed by atoms with E-state index in [1.165, 1.54) is 6.07 Å². The summed E-state index contributed by atoms with van der Waals surface area (Å²) in [6, 6.07) is 5.69. The zero-order valence-corrected chi connectivity index (χ0v) is 15.5. The maximum atomic E-state index is 13.3. The lowest BCUT2D eigenvalue weighted by Crippen LogP contribution is -2.43. The SMILES string of the molecule is Cc1ccc(F)cc1CN1CC1C(=O)NCCN(C(C)C)C(C)C. The van der Waals surface area contributed by atoms with Gasteiger partial charge in [0.2, 0.25) is 5.91 Å². The molecule has 1 aromatic rings. The van der Waals surface area contributed by atoms with Crippen molar-refractivity contribution < 1.29 is 9.18 Å². The second-order valence-corrected chi connectivity index (χ2v) is 7.23. The van der Waals surface area contributed by atoms with Crippen molar-refractivity contribution in [1.29, 1.82) is 0 Å². The van der Waals surface area contributed by atoms with E-state index in [4.69, 9.17) is 0 Å². The summed E-state index contributed by atoms with van der Waals surface area (Å²) in [5.41, 5.74) is 2.02. The highest BCUT2D eigenvalue weighted by atomic mass is 19.1. The van der Waals surface area contributed by atoms with E-state index in [1.807, 2.05) is 6.92 Å². The molecule has 1 aliphatic rings.